The number of nitrogens with one attached hydrogen (secondary N) is 1. The van der Waals surface area contributed by atoms with E-state index in [1.54, 1.807) is 0 Å². The van der Waals surface area contributed by atoms with Gasteiger partial charge in [-0.3, -0.25) is 0 Å². The average Bonchev–Trinajstić information content (AvgIpc) is 2.84. The summed E-state index contributed by atoms with van der Waals surface area (Å²) >= 11 is 0. The minimum absolute atomic E-state index is 0.00259. The summed E-state index contributed by atoms with van der Waals surface area (Å²) in [6, 6.07) is 7.80. The van der Waals surface area contributed by atoms with Crippen LogP contribution in [0.4, 0.5) is 5.69 Å². The van der Waals surface area contributed by atoms with Gasteiger partial charge in [0.2, 0.25) is 0 Å². The number of rotatable bonds is 3. The molecule has 3 rings (SSSR count). The third kappa shape index (κ3) is 2.19. The first-order valence-corrected chi connectivity index (χ1v) is 6.92. The summed E-state index contributed by atoms with van der Waals surface area (Å²) in [7, 11) is 0. The minimum atomic E-state index is -1.04. The number of aromatic carboxylic acids is 1. The summed E-state index contributed by atoms with van der Waals surface area (Å²) in [6.45, 7) is 2.20. The molecule has 1 aliphatic rings. The van der Waals surface area contributed by atoms with Gasteiger partial charge in [-0.05, 0) is 24.8 Å². The maximum absolute atomic E-state index is 11.4. The molecule has 0 saturated heterocycles. The number of anilines is 1. The summed E-state index contributed by atoms with van der Waals surface area (Å²) < 4.78 is 0. The molecule has 2 aromatic rings. The second-order valence-corrected chi connectivity index (χ2v) is 5.40. The van der Waals surface area contributed by atoms with Crippen LogP contribution in [0.3, 0.4) is 0 Å². The summed E-state index contributed by atoms with van der Waals surface area (Å²) in [5.74, 6) is -0.500. The van der Waals surface area contributed by atoms with Crippen LogP contribution in [0.25, 0.3) is 10.9 Å². The number of carbonyl (C=O) groups is 1. The predicted molar refractivity (Wildman–Crippen MR) is 76.9 cm³/mol. The number of aromatic nitrogens is 2. The second kappa shape index (κ2) is 5.07. The maximum Gasteiger partial charge on any atom is 0.358 e. The largest absolute Gasteiger partial charge is 0.476 e. The standard InChI is InChI=1S/C15H17N3O2/c1-9-5-4-8-11(9)16-13-10-6-2-3-7-12(10)17-18-14(13)15(19)20/h2-3,6-7,9,11H,4-5,8H2,1H3,(H,16,17)(H,19,20). The van der Waals surface area contributed by atoms with Gasteiger partial charge in [-0.25, -0.2) is 4.79 Å². The number of hydrogen-bond acceptors (Lipinski definition) is 4. The molecule has 104 valence electrons. The van der Waals surface area contributed by atoms with E-state index in [0.29, 0.717) is 23.2 Å². The maximum atomic E-state index is 11.4. The van der Waals surface area contributed by atoms with Crippen LogP contribution in [-0.2, 0) is 0 Å². The number of benzene rings is 1. The van der Waals surface area contributed by atoms with Crippen molar-refractivity contribution in [1.29, 1.82) is 0 Å². The SMILES string of the molecule is CC1CCCC1Nc1c(C(=O)O)nnc2ccccc12. The lowest BCUT2D eigenvalue weighted by Gasteiger charge is -2.20. The van der Waals surface area contributed by atoms with Crippen LogP contribution in [0.2, 0.25) is 0 Å². The van der Waals surface area contributed by atoms with Crippen molar-refractivity contribution in [3.8, 4) is 0 Å². The normalized spacial score (nSPS) is 22.1. The van der Waals surface area contributed by atoms with Gasteiger partial charge in [0.1, 0.15) is 0 Å². The zero-order chi connectivity index (χ0) is 14.1. The Morgan fingerprint density at radius 1 is 1.30 bits per heavy atom. The third-order valence-corrected chi connectivity index (χ3v) is 4.06. The van der Waals surface area contributed by atoms with Crippen molar-refractivity contribution in [1.82, 2.24) is 10.2 Å². The lowest BCUT2D eigenvalue weighted by molar-refractivity contribution is 0.0690. The number of fused-ring (bicyclic) bond motifs is 1. The summed E-state index contributed by atoms with van der Waals surface area (Å²) in [4.78, 5) is 11.4. The summed E-state index contributed by atoms with van der Waals surface area (Å²) in [5.41, 5.74) is 1.32. The number of hydrogen-bond donors (Lipinski definition) is 2. The van der Waals surface area contributed by atoms with Crippen LogP contribution in [-0.4, -0.2) is 27.3 Å². The molecule has 2 unspecified atom stereocenters. The third-order valence-electron chi connectivity index (χ3n) is 4.06. The lowest BCUT2D eigenvalue weighted by atomic mass is 10.0. The molecule has 5 heteroatoms. The molecule has 20 heavy (non-hydrogen) atoms. The van der Waals surface area contributed by atoms with Crippen molar-refractivity contribution < 1.29 is 9.90 Å². The fourth-order valence-corrected chi connectivity index (χ4v) is 2.89. The van der Waals surface area contributed by atoms with E-state index in [0.717, 1.165) is 11.8 Å². The van der Waals surface area contributed by atoms with Crippen LogP contribution in [0.1, 0.15) is 36.7 Å². The van der Waals surface area contributed by atoms with E-state index in [4.69, 9.17) is 0 Å². The van der Waals surface area contributed by atoms with Gasteiger partial charge in [-0.2, -0.15) is 0 Å². The molecule has 5 nitrogen and oxygen atoms in total. The van der Waals surface area contributed by atoms with E-state index in [1.807, 2.05) is 24.3 Å². The molecule has 0 amide bonds. The van der Waals surface area contributed by atoms with Crippen molar-refractivity contribution >= 4 is 22.6 Å². The zero-order valence-electron chi connectivity index (χ0n) is 11.3. The Morgan fingerprint density at radius 3 is 2.80 bits per heavy atom. The van der Waals surface area contributed by atoms with Gasteiger partial charge in [0, 0.05) is 11.4 Å². The highest BCUT2D eigenvalue weighted by Gasteiger charge is 2.26. The molecular formula is C15H17N3O2. The van der Waals surface area contributed by atoms with Crippen molar-refractivity contribution in [2.45, 2.75) is 32.2 Å². The van der Waals surface area contributed by atoms with Crippen molar-refractivity contribution in [2.24, 2.45) is 5.92 Å². The molecule has 2 N–H and O–H groups in total. The molecule has 1 heterocycles. The van der Waals surface area contributed by atoms with Crippen molar-refractivity contribution in [2.75, 3.05) is 5.32 Å². The molecule has 0 spiro atoms. The van der Waals surface area contributed by atoms with Crippen LogP contribution < -0.4 is 5.32 Å². The monoisotopic (exact) mass is 271 g/mol. The average molecular weight is 271 g/mol. The van der Waals surface area contributed by atoms with Gasteiger partial charge < -0.3 is 10.4 Å². The summed E-state index contributed by atoms with van der Waals surface area (Å²) in [6.07, 6.45) is 3.42. The zero-order valence-corrected chi connectivity index (χ0v) is 11.3. The Labute approximate surface area is 117 Å². The first-order chi connectivity index (χ1) is 9.66. The Balaban J connectivity index is 2.09. The fraction of sp³-hybridized carbons (Fsp3) is 0.400. The highest BCUT2D eigenvalue weighted by molar-refractivity contribution is 6.02. The van der Waals surface area contributed by atoms with Crippen LogP contribution in [0.15, 0.2) is 24.3 Å². The van der Waals surface area contributed by atoms with Crippen molar-refractivity contribution in [3.05, 3.63) is 30.0 Å². The highest BCUT2D eigenvalue weighted by atomic mass is 16.4. The molecule has 1 saturated carbocycles. The number of carboxylic acids is 1. The summed E-state index contributed by atoms with van der Waals surface area (Å²) in [5, 5.41) is 21.4. The van der Waals surface area contributed by atoms with E-state index < -0.39 is 5.97 Å². The predicted octanol–water partition coefficient (Wildman–Crippen LogP) is 2.93. The van der Waals surface area contributed by atoms with E-state index in [2.05, 4.69) is 22.4 Å². The molecule has 1 aromatic carbocycles. The molecule has 0 aliphatic heterocycles. The van der Waals surface area contributed by atoms with Crippen LogP contribution >= 0.6 is 0 Å². The molecule has 1 fully saturated rings. The quantitative estimate of drug-likeness (QED) is 0.897. The second-order valence-electron chi connectivity index (χ2n) is 5.40. The Hall–Kier alpha value is -2.17. The smallest absolute Gasteiger partial charge is 0.358 e. The van der Waals surface area contributed by atoms with Gasteiger partial charge in [0.15, 0.2) is 5.69 Å². The van der Waals surface area contributed by atoms with Gasteiger partial charge >= 0.3 is 5.97 Å². The van der Waals surface area contributed by atoms with Crippen LogP contribution in [0, 0.1) is 5.92 Å². The topological polar surface area (TPSA) is 75.1 Å². The molecule has 0 radical (unpaired) electrons. The van der Waals surface area contributed by atoms with Crippen LogP contribution in [0.5, 0.6) is 0 Å². The molecule has 2 atom stereocenters. The highest BCUT2D eigenvalue weighted by Crippen LogP contribution is 2.31. The van der Waals surface area contributed by atoms with E-state index >= 15 is 0 Å². The first kappa shape index (κ1) is 12.8. The first-order valence-electron chi connectivity index (χ1n) is 6.92. The Kier molecular flexibility index (Phi) is 3.26. The molecule has 1 aliphatic carbocycles. The van der Waals surface area contributed by atoms with E-state index in [1.165, 1.54) is 12.8 Å². The van der Waals surface area contributed by atoms with E-state index in [9.17, 15) is 9.90 Å². The Bertz CT molecular complexity index is 657. The fourth-order valence-electron chi connectivity index (χ4n) is 2.89. The molecular weight excluding hydrogens is 254 g/mol. The molecule has 0 bridgehead atoms. The van der Waals surface area contributed by atoms with Gasteiger partial charge in [0.05, 0.1) is 11.2 Å². The molecule has 1 aromatic heterocycles. The van der Waals surface area contributed by atoms with Gasteiger partial charge in [-0.15, -0.1) is 10.2 Å². The minimum Gasteiger partial charge on any atom is -0.476 e. The van der Waals surface area contributed by atoms with Crippen molar-refractivity contribution in [3.63, 3.8) is 0 Å². The Morgan fingerprint density at radius 2 is 2.10 bits per heavy atom. The van der Waals surface area contributed by atoms with Gasteiger partial charge in [0.25, 0.3) is 0 Å². The number of carboxylic acid groups (broad SMARTS) is 1. The lowest BCUT2D eigenvalue weighted by Crippen LogP contribution is -2.24. The van der Waals surface area contributed by atoms with Gasteiger partial charge in [-0.1, -0.05) is 31.5 Å². The number of nitrogens with zero attached hydrogens (tertiary/aromatic N) is 2. The van der Waals surface area contributed by atoms with E-state index in [-0.39, 0.29) is 5.69 Å².